The number of rotatable bonds is 6. The Morgan fingerprint density at radius 1 is 1.06 bits per heavy atom. The van der Waals surface area contributed by atoms with Gasteiger partial charge in [0, 0.05) is 0 Å². The van der Waals surface area contributed by atoms with Gasteiger partial charge in [-0.2, -0.15) is 0 Å². The highest BCUT2D eigenvalue weighted by atomic mass is 16.5. The quantitative estimate of drug-likeness (QED) is 0.830. The Labute approximate surface area is 101 Å². The SMILES string of the molecule is CCNCc1ccc(COc2ccccc2)o1. The fourth-order valence-electron chi connectivity index (χ4n) is 1.51. The molecule has 0 fully saturated rings. The predicted octanol–water partition coefficient (Wildman–Crippen LogP) is 2.97. The van der Waals surface area contributed by atoms with Gasteiger partial charge in [0.05, 0.1) is 6.54 Å². The molecule has 0 spiro atoms. The van der Waals surface area contributed by atoms with Crippen LogP contribution in [-0.2, 0) is 13.2 Å². The largest absolute Gasteiger partial charge is 0.486 e. The Bertz CT molecular complexity index is 436. The highest BCUT2D eigenvalue weighted by Crippen LogP contribution is 2.13. The molecule has 1 heterocycles. The molecule has 2 rings (SSSR count). The van der Waals surface area contributed by atoms with Crippen molar-refractivity contribution >= 4 is 0 Å². The van der Waals surface area contributed by atoms with Crippen molar-refractivity contribution in [3.05, 3.63) is 54.0 Å². The second kappa shape index (κ2) is 6.11. The summed E-state index contributed by atoms with van der Waals surface area (Å²) in [6, 6.07) is 13.7. The number of para-hydroxylation sites is 1. The number of ether oxygens (including phenoxy) is 1. The monoisotopic (exact) mass is 231 g/mol. The number of benzene rings is 1. The lowest BCUT2D eigenvalue weighted by molar-refractivity contribution is 0.265. The number of hydrogen-bond acceptors (Lipinski definition) is 3. The van der Waals surface area contributed by atoms with Gasteiger partial charge in [0.15, 0.2) is 0 Å². The molecule has 0 aliphatic heterocycles. The van der Waals surface area contributed by atoms with Gasteiger partial charge in [0.2, 0.25) is 0 Å². The summed E-state index contributed by atoms with van der Waals surface area (Å²) in [5, 5.41) is 3.22. The Balaban J connectivity index is 1.85. The van der Waals surface area contributed by atoms with Crippen molar-refractivity contribution < 1.29 is 9.15 Å². The van der Waals surface area contributed by atoms with Crippen LogP contribution in [0.2, 0.25) is 0 Å². The van der Waals surface area contributed by atoms with Crippen LogP contribution < -0.4 is 10.1 Å². The van der Waals surface area contributed by atoms with E-state index >= 15 is 0 Å². The first kappa shape index (κ1) is 11.7. The molecule has 3 nitrogen and oxygen atoms in total. The molecule has 0 unspecified atom stereocenters. The second-order valence-electron chi connectivity index (χ2n) is 3.75. The van der Waals surface area contributed by atoms with Crippen LogP contribution in [0.5, 0.6) is 5.75 Å². The molecular formula is C14H17NO2. The maximum Gasteiger partial charge on any atom is 0.146 e. The normalized spacial score (nSPS) is 10.4. The highest BCUT2D eigenvalue weighted by molar-refractivity contribution is 5.21. The van der Waals surface area contributed by atoms with Crippen LogP contribution in [0, 0.1) is 0 Å². The van der Waals surface area contributed by atoms with Crippen molar-refractivity contribution in [1.29, 1.82) is 0 Å². The van der Waals surface area contributed by atoms with Crippen LogP contribution in [-0.4, -0.2) is 6.54 Å². The van der Waals surface area contributed by atoms with Crippen molar-refractivity contribution in [3.63, 3.8) is 0 Å². The molecule has 3 heteroatoms. The Morgan fingerprint density at radius 2 is 1.82 bits per heavy atom. The summed E-state index contributed by atoms with van der Waals surface area (Å²) < 4.78 is 11.2. The summed E-state index contributed by atoms with van der Waals surface area (Å²) in [6.07, 6.45) is 0. The zero-order valence-corrected chi connectivity index (χ0v) is 9.98. The summed E-state index contributed by atoms with van der Waals surface area (Å²) in [6.45, 7) is 4.25. The standard InChI is InChI=1S/C14H17NO2/c1-2-15-10-13-8-9-14(17-13)11-16-12-6-4-3-5-7-12/h3-9,15H,2,10-11H2,1H3. The van der Waals surface area contributed by atoms with E-state index in [1.54, 1.807) is 0 Å². The molecule has 0 saturated heterocycles. The van der Waals surface area contributed by atoms with Crippen LogP contribution in [0.4, 0.5) is 0 Å². The van der Waals surface area contributed by atoms with Crippen LogP contribution in [0.15, 0.2) is 46.9 Å². The molecule has 0 saturated carbocycles. The minimum absolute atomic E-state index is 0.468. The average Bonchev–Trinajstić information content (AvgIpc) is 2.83. The van der Waals surface area contributed by atoms with E-state index in [1.807, 2.05) is 42.5 Å². The lowest BCUT2D eigenvalue weighted by Gasteiger charge is -2.03. The van der Waals surface area contributed by atoms with E-state index in [9.17, 15) is 0 Å². The first-order chi connectivity index (χ1) is 8.38. The minimum Gasteiger partial charge on any atom is -0.486 e. The number of furan rings is 1. The zero-order valence-electron chi connectivity index (χ0n) is 9.98. The van der Waals surface area contributed by atoms with E-state index in [2.05, 4.69) is 12.2 Å². The lowest BCUT2D eigenvalue weighted by Crippen LogP contribution is -2.10. The van der Waals surface area contributed by atoms with Gasteiger partial charge < -0.3 is 14.5 Å². The highest BCUT2D eigenvalue weighted by Gasteiger charge is 2.02. The van der Waals surface area contributed by atoms with Gasteiger partial charge in [0.25, 0.3) is 0 Å². The van der Waals surface area contributed by atoms with E-state index in [0.29, 0.717) is 6.61 Å². The maximum atomic E-state index is 5.62. The van der Waals surface area contributed by atoms with Crippen LogP contribution in [0.25, 0.3) is 0 Å². The smallest absolute Gasteiger partial charge is 0.146 e. The van der Waals surface area contributed by atoms with Crippen LogP contribution in [0.3, 0.4) is 0 Å². The van der Waals surface area contributed by atoms with Crippen molar-refractivity contribution in [1.82, 2.24) is 5.32 Å². The minimum atomic E-state index is 0.468. The van der Waals surface area contributed by atoms with Crippen molar-refractivity contribution in [2.45, 2.75) is 20.1 Å². The molecule has 0 aliphatic carbocycles. The third-order valence-corrected chi connectivity index (χ3v) is 2.39. The summed E-state index contributed by atoms with van der Waals surface area (Å²) in [5.74, 6) is 2.65. The van der Waals surface area contributed by atoms with E-state index in [-0.39, 0.29) is 0 Å². The van der Waals surface area contributed by atoms with Crippen molar-refractivity contribution in [3.8, 4) is 5.75 Å². The fourth-order valence-corrected chi connectivity index (χ4v) is 1.51. The zero-order chi connectivity index (χ0) is 11.9. The molecule has 1 aromatic carbocycles. The van der Waals surface area contributed by atoms with Gasteiger partial charge in [-0.25, -0.2) is 0 Å². The summed E-state index contributed by atoms with van der Waals surface area (Å²) in [5.41, 5.74) is 0. The molecule has 90 valence electrons. The van der Waals surface area contributed by atoms with Gasteiger partial charge in [-0.3, -0.25) is 0 Å². The van der Waals surface area contributed by atoms with E-state index in [1.165, 1.54) is 0 Å². The first-order valence-electron chi connectivity index (χ1n) is 5.84. The number of hydrogen-bond donors (Lipinski definition) is 1. The van der Waals surface area contributed by atoms with E-state index in [4.69, 9.17) is 9.15 Å². The van der Waals surface area contributed by atoms with Gasteiger partial charge in [-0.15, -0.1) is 0 Å². The third-order valence-electron chi connectivity index (χ3n) is 2.39. The predicted molar refractivity (Wildman–Crippen MR) is 66.9 cm³/mol. The molecule has 2 aromatic rings. The Kier molecular flexibility index (Phi) is 4.22. The van der Waals surface area contributed by atoms with Gasteiger partial charge in [-0.05, 0) is 30.8 Å². The average molecular weight is 231 g/mol. The van der Waals surface area contributed by atoms with Gasteiger partial charge in [0.1, 0.15) is 23.9 Å². The summed E-state index contributed by atoms with van der Waals surface area (Å²) in [7, 11) is 0. The summed E-state index contributed by atoms with van der Waals surface area (Å²) in [4.78, 5) is 0. The molecule has 0 aliphatic rings. The molecular weight excluding hydrogens is 214 g/mol. The third kappa shape index (κ3) is 3.64. The van der Waals surface area contributed by atoms with Crippen molar-refractivity contribution in [2.24, 2.45) is 0 Å². The van der Waals surface area contributed by atoms with Crippen LogP contribution in [0.1, 0.15) is 18.4 Å². The molecule has 1 N–H and O–H groups in total. The lowest BCUT2D eigenvalue weighted by atomic mass is 10.3. The van der Waals surface area contributed by atoms with Gasteiger partial charge in [-0.1, -0.05) is 25.1 Å². The van der Waals surface area contributed by atoms with E-state index in [0.717, 1.165) is 30.4 Å². The molecule has 17 heavy (non-hydrogen) atoms. The fraction of sp³-hybridized carbons (Fsp3) is 0.286. The molecule has 0 radical (unpaired) electrons. The molecule has 0 atom stereocenters. The van der Waals surface area contributed by atoms with E-state index < -0.39 is 0 Å². The second-order valence-corrected chi connectivity index (χ2v) is 3.75. The Morgan fingerprint density at radius 3 is 2.59 bits per heavy atom. The van der Waals surface area contributed by atoms with Crippen molar-refractivity contribution in [2.75, 3.05) is 6.54 Å². The molecule has 1 aromatic heterocycles. The topological polar surface area (TPSA) is 34.4 Å². The molecule has 0 bridgehead atoms. The maximum absolute atomic E-state index is 5.62. The Hall–Kier alpha value is -1.74. The molecule has 0 amide bonds. The number of nitrogens with one attached hydrogen (secondary N) is 1. The first-order valence-corrected chi connectivity index (χ1v) is 5.84. The van der Waals surface area contributed by atoms with Gasteiger partial charge >= 0.3 is 0 Å². The summed E-state index contributed by atoms with van der Waals surface area (Å²) >= 11 is 0. The van der Waals surface area contributed by atoms with Crippen LogP contribution >= 0.6 is 0 Å².